The number of halogens is 1. The highest BCUT2D eigenvalue weighted by Gasteiger charge is 2.17. The maximum absolute atomic E-state index is 12.5. The second kappa shape index (κ2) is 10.5. The maximum atomic E-state index is 12.5. The first-order valence-electron chi connectivity index (χ1n) is 9.42. The van der Waals surface area contributed by atoms with Gasteiger partial charge >= 0.3 is 0 Å². The van der Waals surface area contributed by atoms with Crippen LogP contribution in [0.5, 0.6) is 5.75 Å². The molecule has 158 valence electrons. The largest absolute Gasteiger partial charge is 0.496 e. The Kier molecular flexibility index (Phi) is 7.78. The molecule has 7 nitrogen and oxygen atoms in total. The molecule has 3 rings (SSSR count). The van der Waals surface area contributed by atoms with Crippen LogP contribution in [0.2, 0.25) is 0 Å². The summed E-state index contributed by atoms with van der Waals surface area (Å²) < 4.78 is 11.5. The molecule has 1 saturated heterocycles. The summed E-state index contributed by atoms with van der Waals surface area (Å²) >= 11 is 8.56. The lowest BCUT2D eigenvalue weighted by atomic mass is 10.2. The maximum Gasteiger partial charge on any atom is 0.261 e. The van der Waals surface area contributed by atoms with Crippen LogP contribution in [0.1, 0.15) is 33.6 Å². The Bertz CT molecular complexity index is 930. The van der Waals surface area contributed by atoms with Crippen molar-refractivity contribution in [1.29, 1.82) is 0 Å². The summed E-state index contributed by atoms with van der Waals surface area (Å²) in [6, 6.07) is 12.0. The number of anilines is 1. The van der Waals surface area contributed by atoms with Gasteiger partial charge in [0.05, 0.1) is 18.8 Å². The van der Waals surface area contributed by atoms with E-state index in [0.717, 1.165) is 23.9 Å². The molecule has 2 amide bonds. The van der Waals surface area contributed by atoms with Crippen molar-refractivity contribution in [1.82, 2.24) is 10.6 Å². The van der Waals surface area contributed by atoms with Gasteiger partial charge < -0.3 is 20.1 Å². The van der Waals surface area contributed by atoms with E-state index in [1.807, 2.05) is 0 Å². The third-order valence-corrected chi connectivity index (χ3v) is 5.25. The molecule has 1 fully saturated rings. The van der Waals surface area contributed by atoms with Crippen LogP contribution in [0.3, 0.4) is 0 Å². The van der Waals surface area contributed by atoms with Crippen LogP contribution >= 0.6 is 28.1 Å². The van der Waals surface area contributed by atoms with Crippen LogP contribution in [0.15, 0.2) is 46.9 Å². The van der Waals surface area contributed by atoms with E-state index in [2.05, 4.69) is 31.9 Å². The SMILES string of the molecule is COc1ccc(Br)cc1C(=O)NC(=S)Nc1ccc(C(=O)NCC2CCCO2)cc1. The number of hydrogen-bond donors (Lipinski definition) is 3. The molecule has 0 saturated carbocycles. The minimum absolute atomic E-state index is 0.0970. The smallest absolute Gasteiger partial charge is 0.261 e. The molecule has 0 bridgehead atoms. The van der Waals surface area contributed by atoms with Gasteiger partial charge in [-0.15, -0.1) is 0 Å². The summed E-state index contributed by atoms with van der Waals surface area (Å²) in [5.74, 6) is -0.109. The fourth-order valence-corrected chi connectivity index (χ4v) is 3.58. The number of amides is 2. The summed E-state index contributed by atoms with van der Waals surface area (Å²) in [5, 5.41) is 8.57. The zero-order valence-electron chi connectivity index (χ0n) is 16.4. The highest BCUT2D eigenvalue weighted by molar-refractivity contribution is 9.10. The Morgan fingerprint density at radius 1 is 1.20 bits per heavy atom. The third-order valence-electron chi connectivity index (χ3n) is 4.55. The van der Waals surface area contributed by atoms with Crippen LogP contribution in [0, 0.1) is 0 Å². The summed E-state index contributed by atoms with van der Waals surface area (Å²) in [5.41, 5.74) is 1.54. The molecule has 0 radical (unpaired) electrons. The lowest BCUT2D eigenvalue weighted by Gasteiger charge is -2.13. The van der Waals surface area contributed by atoms with Crippen molar-refractivity contribution in [2.24, 2.45) is 0 Å². The zero-order valence-corrected chi connectivity index (χ0v) is 18.8. The minimum atomic E-state index is -0.393. The van der Waals surface area contributed by atoms with E-state index in [0.29, 0.717) is 29.1 Å². The molecule has 1 aliphatic heterocycles. The number of hydrogen-bond acceptors (Lipinski definition) is 5. The molecule has 2 aromatic rings. The van der Waals surface area contributed by atoms with E-state index in [-0.39, 0.29) is 17.1 Å². The van der Waals surface area contributed by atoms with E-state index < -0.39 is 5.91 Å². The van der Waals surface area contributed by atoms with Crippen molar-refractivity contribution < 1.29 is 19.1 Å². The molecule has 1 atom stereocenters. The summed E-state index contributed by atoms with van der Waals surface area (Å²) in [6.45, 7) is 1.26. The van der Waals surface area contributed by atoms with Gasteiger partial charge in [-0.05, 0) is 67.5 Å². The molecule has 3 N–H and O–H groups in total. The van der Waals surface area contributed by atoms with E-state index in [4.69, 9.17) is 21.7 Å². The number of ether oxygens (including phenoxy) is 2. The number of nitrogens with one attached hydrogen (secondary N) is 3. The van der Waals surface area contributed by atoms with E-state index in [9.17, 15) is 9.59 Å². The van der Waals surface area contributed by atoms with Gasteiger partial charge in [-0.3, -0.25) is 14.9 Å². The zero-order chi connectivity index (χ0) is 21.5. The predicted molar refractivity (Wildman–Crippen MR) is 122 cm³/mol. The van der Waals surface area contributed by atoms with Crippen LogP contribution in [-0.4, -0.2) is 43.3 Å². The molecule has 1 unspecified atom stereocenters. The number of benzene rings is 2. The lowest BCUT2D eigenvalue weighted by molar-refractivity contribution is 0.0857. The highest BCUT2D eigenvalue weighted by Crippen LogP contribution is 2.23. The van der Waals surface area contributed by atoms with E-state index in [1.54, 1.807) is 42.5 Å². The van der Waals surface area contributed by atoms with Crippen molar-refractivity contribution in [2.75, 3.05) is 25.6 Å². The van der Waals surface area contributed by atoms with E-state index in [1.165, 1.54) is 7.11 Å². The lowest BCUT2D eigenvalue weighted by Crippen LogP contribution is -2.34. The highest BCUT2D eigenvalue weighted by atomic mass is 79.9. The predicted octanol–water partition coefficient (Wildman–Crippen LogP) is 3.49. The summed E-state index contributed by atoms with van der Waals surface area (Å²) in [7, 11) is 1.50. The first-order chi connectivity index (χ1) is 14.5. The number of rotatable bonds is 6. The second-order valence-corrected chi connectivity index (χ2v) is 8.00. The fourth-order valence-electron chi connectivity index (χ4n) is 3.01. The van der Waals surface area contributed by atoms with Crippen molar-refractivity contribution >= 4 is 50.8 Å². The molecule has 0 spiro atoms. The van der Waals surface area contributed by atoms with Gasteiger partial charge in [0.2, 0.25) is 0 Å². The standard InChI is InChI=1S/C21H22BrN3O4S/c1-28-18-9-6-14(22)11-17(18)20(27)25-21(30)24-15-7-4-13(5-8-15)19(26)23-12-16-3-2-10-29-16/h4-9,11,16H,2-3,10,12H2,1H3,(H,23,26)(H2,24,25,27,30). The first kappa shape index (κ1) is 22.2. The summed E-state index contributed by atoms with van der Waals surface area (Å²) in [4.78, 5) is 24.7. The molecule has 1 heterocycles. The van der Waals surface area contributed by atoms with Gasteiger partial charge in [-0.25, -0.2) is 0 Å². The average molecular weight is 492 g/mol. The molecule has 2 aromatic carbocycles. The Hall–Kier alpha value is -2.49. The van der Waals surface area contributed by atoms with Crippen molar-refractivity contribution in [3.05, 3.63) is 58.1 Å². The topological polar surface area (TPSA) is 88.7 Å². The van der Waals surface area contributed by atoms with Gasteiger partial charge in [-0.2, -0.15) is 0 Å². The Morgan fingerprint density at radius 3 is 2.63 bits per heavy atom. The molecule has 9 heteroatoms. The average Bonchev–Trinajstić information content (AvgIpc) is 3.26. The molecule has 1 aliphatic rings. The third kappa shape index (κ3) is 6.01. The Labute approximate surface area is 188 Å². The monoisotopic (exact) mass is 491 g/mol. The van der Waals surface area contributed by atoms with Gasteiger partial charge in [0.15, 0.2) is 5.11 Å². The minimum Gasteiger partial charge on any atom is -0.496 e. The Balaban J connectivity index is 1.53. The van der Waals surface area contributed by atoms with Crippen LogP contribution < -0.4 is 20.7 Å². The normalized spacial score (nSPS) is 15.3. The van der Waals surface area contributed by atoms with Crippen LogP contribution in [0.25, 0.3) is 0 Å². The van der Waals surface area contributed by atoms with Crippen LogP contribution in [0.4, 0.5) is 5.69 Å². The van der Waals surface area contributed by atoms with Gasteiger partial charge in [-0.1, -0.05) is 15.9 Å². The number of carbonyl (C=O) groups is 2. The number of methoxy groups -OCH3 is 1. The van der Waals surface area contributed by atoms with Gasteiger partial charge in [0.25, 0.3) is 11.8 Å². The van der Waals surface area contributed by atoms with E-state index >= 15 is 0 Å². The first-order valence-corrected chi connectivity index (χ1v) is 10.6. The fraction of sp³-hybridized carbons (Fsp3) is 0.286. The summed E-state index contributed by atoms with van der Waals surface area (Å²) in [6.07, 6.45) is 2.10. The second-order valence-electron chi connectivity index (χ2n) is 6.68. The molecule has 30 heavy (non-hydrogen) atoms. The molecule has 0 aliphatic carbocycles. The number of thiocarbonyl (C=S) groups is 1. The molecular weight excluding hydrogens is 470 g/mol. The van der Waals surface area contributed by atoms with Gasteiger partial charge in [0, 0.05) is 28.9 Å². The van der Waals surface area contributed by atoms with Gasteiger partial charge in [0.1, 0.15) is 5.75 Å². The molecule has 0 aromatic heterocycles. The van der Waals surface area contributed by atoms with Crippen molar-refractivity contribution in [2.45, 2.75) is 18.9 Å². The molecular formula is C21H22BrN3O4S. The van der Waals surface area contributed by atoms with Crippen molar-refractivity contribution in [3.8, 4) is 5.75 Å². The quantitative estimate of drug-likeness (QED) is 0.536. The van der Waals surface area contributed by atoms with Crippen molar-refractivity contribution in [3.63, 3.8) is 0 Å². The Morgan fingerprint density at radius 2 is 1.97 bits per heavy atom. The van der Waals surface area contributed by atoms with Crippen LogP contribution in [-0.2, 0) is 4.74 Å². The number of carbonyl (C=O) groups excluding carboxylic acids is 2.